The normalized spacial score (nSPS) is 18.8. The van der Waals surface area contributed by atoms with E-state index in [1.54, 1.807) is 0 Å². The molecule has 18 heavy (non-hydrogen) atoms. The van der Waals surface area contributed by atoms with Gasteiger partial charge in [0.25, 0.3) is 0 Å². The Balaban J connectivity index is 1.94. The minimum atomic E-state index is -0.149. The minimum absolute atomic E-state index is 0.149. The predicted octanol–water partition coefficient (Wildman–Crippen LogP) is 2.87. The summed E-state index contributed by atoms with van der Waals surface area (Å²) in [6, 6.07) is 0.635. The van der Waals surface area contributed by atoms with Crippen molar-refractivity contribution in [2.75, 3.05) is 19.8 Å². The summed E-state index contributed by atoms with van der Waals surface area (Å²) in [6.45, 7) is 6.15. The number of aliphatic hydroxyl groups excluding tert-OH is 1. The first-order valence-electron chi connectivity index (χ1n) is 7.66. The van der Waals surface area contributed by atoms with E-state index in [1.807, 2.05) is 0 Å². The second-order valence-electron chi connectivity index (χ2n) is 5.91. The Morgan fingerprint density at radius 3 is 2.50 bits per heavy atom. The van der Waals surface area contributed by atoms with Gasteiger partial charge in [0.1, 0.15) is 0 Å². The van der Waals surface area contributed by atoms with Gasteiger partial charge in [-0.15, -0.1) is 0 Å². The highest BCUT2D eigenvalue weighted by Crippen LogP contribution is 2.23. The fourth-order valence-electron chi connectivity index (χ4n) is 2.12. The van der Waals surface area contributed by atoms with E-state index in [0.29, 0.717) is 6.04 Å². The average Bonchev–Trinajstić information content (AvgIpc) is 3.16. The molecule has 0 aromatic rings. The maximum atomic E-state index is 9.44. The summed E-state index contributed by atoms with van der Waals surface area (Å²) >= 11 is 0. The molecule has 0 bridgehead atoms. The second kappa shape index (κ2) is 8.89. The van der Waals surface area contributed by atoms with E-state index in [0.717, 1.165) is 19.6 Å². The maximum absolute atomic E-state index is 9.44. The van der Waals surface area contributed by atoms with E-state index in [1.165, 1.54) is 44.9 Å². The summed E-state index contributed by atoms with van der Waals surface area (Å²) in [5.41, 5.74) is -0.149. The van der Waals surface area contributed by atoms with Gasteiger partial charge in [-0.3, -0.25) is 0 Å². The molecular formula is C15H31NO2. The molecule has 0 radical (unpaired) electrons. The Hall–Kier alpha value is -0.120. The van der Waals surface area contributed by atoms with Crippen LogP contribution in [0.1, 0.15) is 65.2 Å². The highest BCUT2D eigenvalue weighted by atomic mass is 16.5. The molecule has 0 amide bonds. The van der Waals surface area contributed by atoms with E-state index in [2.05, 4.69) is 19.2 Å². The van der Waals surface area contributed by atoms with Gasteiger partial charge in [-0.05, 0) is 32.6 Å². The molecule has 1 saturated carbocycles. The number of unbranched alkanes of at least 4 members (excludes halogenated alkanes) is 4. The van der Waals surface area contributed by atoms with Crippen molar-refractivity contribution < 1.29 is 9.84 Å². The van der Waals surface area contributed by atoms with Crippen molar-refractivity contribution in [1.82, 2.24) is 5.32 Å². The molecule has 0 heterocycles. The number of aliphatic hydroxyl groups is 1. The Labute approximate surface area is 112 Å². The molecule has 0 aromatic carbocycles. The van der Waals surface area contributed by atoms with Crippen LogP contribution in [0.3, 0.4) is 0 Å². The summed E-state index contributed by atoms with van der Waals surface area (Å²) < 4.78 is 5.66. The van der Waals surface area contributed by atoms with Crippen LogP contribution in [-0.2, 0) is 4.74 Å². The second-order valence-corrected chi connectivity index (χ2v) is 5.91. The molecule has 3 heteroatoms. The van der Waals surface area contributed by atoms with E-state index in [4.69, 9.17) is 4.74 Å². The molecule has 0 spiro atoms. The highest BCUT2D eigenvalue weighted by molar-refractivity contribution is 4.92. The van der Waals surface area contributed by atoms with Gasteiger partial charge in [0.2, 0.25) is 0 Å². The van der Waals surface area contributed by atoms with Crippen molar-refractivity contribution in [3.05, 3.63) is 0 Å². The Morgan fingerprint density at radius 1 is 1.17 bits per heavy atom. The predicted molar refractivity (Wildman–Crippen MR) is 75.8 cm³/mol. The first kappa shape index (κ1) is 15.9. The van der Waals surface area contributed by atoms with Crippen molar-refractivity contribution >= 4 is 0 Å². The Kier molecular flexibility index (Phi) is 7.87. The van der Waals surface area contributed by atoms with Crippen LogP contribution in [0.2, 0.25) is 0 Å². The van der Waals surface area contributed by atoms with Crippen LogP contribution < -0.4 is 5.32 Å². The molecule has 0 aliphatic heterocycles. The first-order chi connectivity index (χ1) is 8.70. The lowest BCUT2D eigenvalue weighted by molar-refractivity contribution is 0.0839. The standard InChI is InChI=1S/C15H31NO2/c1-3-4-5-6-7-11-18-12-10-15(2,13-17)16-14-8-9-14/h14,16-17H,3-13H2,1-2H3. The average molecular weight is 257 g/mol. The summed E-state index contributed by atoms with van der Waals surface area (Å²) in [4.78, 5) is 0. The summed E-state index contributed by atoms with van der Waals surface area (Å²) in [7, 11) is 0. The lowest BCUT2D eigenvalue weighted by atomic mass is 9.99. The van der Waals surface area contributed by atoms with E-state index in [-0.39, 0.29) is 12.1 Å². The highest BCUT2D eigenvalue weighted by Gasteiger charge is 2.31. The van der Waals surface area contributed by atoms with Crippen LogP contribution in [-0.4, -0.2) is 36.5 Å². The van der Waals surface area contributed by atoms with Crippen LogP contribution in [0.4, 0.5) is 0 Å². The molecule has 1 fully saturated rings. The molecular weight excluding hydrogens is 226 g/mol. The SMILES string of the molecule is CCCCCCCOCCC(C)(CO)NC1CC1. The van der Waals surface area contributed by atoms with Crippen LogP contribution in [0.5, 0.6) is 0 Å². The van der Waals surface area contributed by atoms with Gasteiger partial charge in [-0.25, -0.2) is 0 Å². The lowest BCUT2D eigenvalue weighted by Crippen LogP contribution is -2.47. The van der Waals surface area contributed by atoms with E-state index < -0.39 is 0 Å². The molecule has 0 saturated heterocycles. The van der Waals surface area contributed by atoms with Crippen LogP contribution >= 0.6 is 0 Å². The zero-order valence-electron chi connectivity index (χ0n) is 12.2. The Bertz CT molecular complexity index is 207. The van der Waals surface area contributed by atoms with Gasteiger partial charge in [0.15, 0.2) is 0 Å². The molecule has 1 atom stereocenters. The van der Waals surface area contributed by atoms with Gasteiger partial charge >= 0.3 is 0 Å². The number of ether oxygens (including phenoxy) is 1. The topological polar surface area (TPSA) is 41.5 Å². The molecule has 0 aromatic heterocycles. The molecule has 3 nitrogen and oxygen atoms in total. The van der Waals surface area contributed by atoms with Crippen LogP contribution in [0.25, 0.3) is 0 Å². The number of hydrogen-bond donors (Lipinski definition) is 2. The summed E-state index contributed by atoms with van der Waals surface area (Å²) in [5.74, 6) is 0. The third kappa shape index (κ3) is 7.34. The molecule has 1 aliphatic rings. The third-order valence-corrected chi connectivity index (χ3v) is 3.67. The van der Waals surface area contributed by atoms with Gasteiger partial charge in [0.05, 0.1) is 6.61 Å². The molecule has 1 aliphatic carbocycles. The monoisotopic (exact) mass is 257 g/mol. The smallest absolute Gasteiger partial charge is 0.0611 e. The Morgan fingerprint density at radius 2 is 1.89 bits per heavy atom. The van der Waals surface area contributed by atoms with Gasteiger partial charge in [-0.1, -0.05) is 32.6 Å². The fourth-order valence-corrected chi connectivity index (χ4v) is 2.12. The van der Waals surface area contributed by atoms with Crippen molar-refractivity contribution in [3.8, 4) is 0 Å². The maximum Gasteiger partial charge on any atom is 0.0611 e. The number of rotatable bonds is 12. The molecule has 1 rings (SSSR count). The van der Waals surface area contributed by atoms with Crippen molar-refractivity contribution in [2.45, 2.75) is 76.8 Å². The van der Waals surface area contributed by atoms with E-state index in [9.17, 15) is 5.11 Å². The van der Waals surface area contributed by atoms with E-state index >= 15 is 0 Å². The van der Waals surface area contributed by atoms with Gasteiger partial charge in [0, 0.05) is 24.8 Å². The molecule has 108 valence electrons. The number of nitrogens with one attached hydrogen (secondary N) is 1. The zero-order chi connectivity index (χ0) is 13.3. The van der Waals surface area contributed by atoms with Crippen LogP contribution in [0.15, 0.2) is 0 Å². The quantitative estimate of drug-likeness (QED) is 0.528. The lowest BCUT2D eigenvalue weighted by Gasteiger charge is -2.28. The molecule has 1 unspecified atom stereocenters. The summed E-state index contributed by atoms with van der Waals surface area (Å²) in [6.07, 6.45) is 9.84. The molecule has 2 N–H and O–H groups in total. The number of hydrogen-bond acceptors (Lipinski definition) is 3. The minimum Gasteiger partial charge on any atom is -0.394 e. The van der Waals surface area contributed by atoms with Gasteiger partial charge in [-0.2, -0.15) is 0 Å². The fraction of sp³-hybridized carbons (Fsp3) is 1.00. The largest absolute Gasteiger partial charge is 0.394 e. The van der Waals surface area contributed by atoms with Crippen molar-refractivity contribution in [3.63, 3.8) is 0 Å². The van der Waals surface area contributed by atoms with Crippen LogP contribution in [0, 0.1) is 0 Å². The van der Waals surface area contributed by atoms with Crippen molar-refractivity contribution in [2.24, 2.45) is 0 Å². The third-order valence-electron chi connectivity index (χ3n) is 3.67. The first-order valence-corrected chi connectivity index (χ1v) is 7.66. The van der Waals surface area contributed by atoms with Crippen molar-refractivity contribution in [1.29, 1.82) is 0 Å². The zero-order valence-corrected chi connectivity index (χ0v) is 12.2. The van der Waals surface area contributed by atoms with Gasteiger partial charge < -0.3 is 15.2 Å². The summed E-state index contributed by atoms with van der Waals surface area (Å²) in [5, 5.41) is 12.9.